The first-order valence-corrected chi connectivity index (χ1v) is 11.0. The quantitative estimate of drug-likeness (QED) is 0.515. The molecule has 3 aromatic rings. The maximum atomic E-state index is 14.1. The van der Waals surface area contributed by atoms with Gasteiger partial charge in [-0.1, -0.05) is 37.3 Å². The van der Waals surface area contributed by atoms with E-state index in [9.17, 15) is 14.0 Å². The minimum absolute atomic E-state index is 0.375. The van der Waals surface area contributed by atoms with Crippen LogP contribution in [0.15, 0.2) is 78.9 Å². The lowest BCUT2D eigenvalue weighted by Gasteiger charge is -2.28. The summed E-state index contributed by atoms with van der Waals surface area (Å²) in [5.74, 6) is -1.37. The summed E-state index contributed by atoms with van der Waals surface area (Å²) in [5.41, 5.74) is 1.71. The van der Waals surface area contributed by atoms with Gasteiger partial charge in [-0.15, -0.1) is 0 Å². The normalized spacial score (nSPS) is 22.1. The average molecular weight is 446 g/mol. The van der Waals surface area contributed by atoms with Gasteiger partial charge in [0.25, 0.3) is 5.91 Å². The van der Waals surface area contributed by atoms with Crippen LogP contribution in [-0.2, 0) is 14.4 Å². The van der Waals surface area contributed by atoms with E-state index in [4.69, 9.17) is 9.57 Å². The van der Waals surface area contributed by atoms with E-state index in [-0.39, 0.29) is 5.91 Å². The van der Waals surface area contributed by atoms with Crippen molar-refractivity contribution in [3.05, 3.63) is 90.2 Å². The SMILES string of the molecule is CCCOc1ccc(N2C(=O)[C@H]3[C@H](ON(c4ccccc4)[C@H]3c3cccc(F)c3)C2=O)cc1. The van der Waals surface area contributed by atoms with Gasteiger partial charge in [-0.25, -0.2) is 14.4 Å². The van der Waals surface area contributed by atoms with E-state index >= 15 is 0 Å². The van der Waals surface area contributed by atoms with Gasteiger partial charge in [0.05, 0.1) is 24.0 Å². The highest BCUT2D eigenvalue weighted by molar-refractivity contribution is 6.23. The van der Waals surface area contributed by atoms with E-state index in [0.717, 1.165) is 11.3 Å². The maximum Gasteiger partial charge on any atom is 0.266 e. The van der Waals surface area contributed by atoms with Crippen molar-refractivity contribution in [3.8, 4) is 5.75 Å². The van der Waals surface area contributed by atoms with Gasteiger partial charge in [-0.05, 0) is 60.5 Å². The van der Waals surface area contributed by atoms with Crippen LogP contribution in [0, 0.1) is 11.7 Å². The highest BCUT2D eigenvalue weighted by Crippen LogP contribution is 2.47. The number of fused-ring (bicyclic) bond motifs is 1. The van der Waals surface area contributed by atoms with Crippen LogP contribution in [0.5, 0.6) is 5.75 Å². The Hall–Kier alpha value is -3.71. The smallest absolute Gasteiger partial charge is 0.266 e. The largest absolute Gasteiger partial charge is 0.494 e. The highest BCUT2D eigenvalue weighted by atomic mass is 19.1. The van der Waals surface area contributed by atoms with Crippen molar-refractivity contribution < 1.29 is 23.6 Å². The monoisotopic (exact) mass is 446 g/mol. The molecule has 0 aromatic heterocycles. The molecule has 3 atom stereocenters. The summed E-state index contributed by atoms with van der Waals surface area (Å²) in [6, 6.07) is 21.5. The van der Waals surface area contributed by atoms with E-state index < -0.39 is 29.8 Å². The topological polar surface area (TPSA) is 59.1 Å². The third-order valence-corrected chi connectivity index (χ3v) is 5.88. The lowest BCUT2D eigenvalue weighted by Crippen LogP contribution is -2.37. The molecule has 2 heterocycles. The number of hydrogen-bond acceptors (Lipinski definition) is 5. The van der Waals surface area contributed by atoms with E-state index in [1.165, 1.54) is 12.1 Å². The number of ether oxygens (including phenoxy) is 1. The number of hydrogen-bond donors (Lipinski definition) is 0. The van der Waals surface area contributed by atoms with Gasteiger partial charge in [0.15, 0.2) is 6.10 Å². The lowest BCUT2D eigenvalue weighted by atomic mass is 9.90. The van der Waals surface area contributed by atoms with Crippen LogP contribution in [0.1, 0.15) is 24.9 Å². The molecule has 0 radical (unpaired) electrons. The number of imide groups is 1. The molecule has 2 fully saturated rings. The predicted molar refractivity (Wildman–Crippen MR) is 121 cm³/mol. The number of carbonyl (C=O) groups excluding carboxylic acids is 2. The van der Waals surface area contributed by atoms with E-state index in [0.29, 0.717) is 29.3 Å². The molecule has 0 N–H and O–H groups in total. The van der Waals surface area contributed by atoms with Crippen LogP contribution in [0.4, 0.5) is 15.8 Å². The molecule has 2 amide bonds. The second-order valence-electron chi connectivity index (χ2n) is 8.07. The summed E-state index contributed by atoms with van der Waals surface area (Å²) in [6.45, 7) is 2.60. The Balaban J connectivity index is 1.50. The van der Waals surface area contributed by atoms with Crippen molar-refractivity contribution >= 4 is 23.2 Å². The van der Waals surface area contributed by atoms with Crippen molar-refractivity contribution in [2.75, 3.05) is 16.6 Å². The fraction of sp³-hybridized carbons (Fsp3) is 0.231. The van der Waals surface area contributed by atoms with Crippen LogP contribution >= 0.6 is 0 Å². The number of carbonyl (C=O) groups is 2. The Bertz CT molecular complexity index is 1170. The Labute approximate surface area is 191 Å². The predicted octanol–water partition coefficient (Wildman–Crippen LogP) is 4.67. The van der Waals surface area contributed by atoms with Crippen molar-refractivity contribution in [3.63, 3.8) is 0 Å². The number of nitrogens with zero attached hydrogens (tertiary/aromatic N) is 2. The number of amides is 2. The average Bonchev–Trinajstić information content (AvgIpc) is 3.35. The molecule has 0 bridgehead atoms. The van der Waals surface area contributed by atoms with Crippen molar-refractivity contribution in [1.82, 2.24) is 0 Å². The maximum absolute atomic E-state index is 14.1. The van der Waals surface area contributed by atoms with Gasteiger partial charge in [0.1, 0.15) is 17.5 Å². The number of benzene rings is 3. The van der Waals surface area contributed by atoms with Crippen LogP contribution in [0.2, 0.25) is 0 Å². The molecule has 0 unspecified atom stereocenters. The van der Waals surface area contributed by atoms with Crippen LogP contribution in [0.25, 0.3) is 0 Å². The number of hydroxylamine groups is 1. The van der Waals surface area contributed by atoms with Gasteiger partial charge in [0, 0.05) is 0 Å². The van der Waals surface area contributed by atoms with Crippen LogP contribution in [0.3, 0.4) is 0 Å². The van der Waals surface area contributed by atoms with Crippen molar-refractivity contribution in [2.24, 2.45) is 5.92 Å². The summed E-state index contributed by atoms with van der Waals surface area (Å²) in [5, 5.41) is 1.55. The molecule has 6 nitrogen and oxygen atoms in total. The standard InChI is InChI=1S/C26H23FN2O4/c1-2-15-32-21-13-11-19(12-14-21)28-25(30)22-23(17-7-6-8-18(27)16-17)29(33-24(22)26(28)31)20-9-4-3-5-10-20/h3-14,16,22-24H,2,15H2,1H3/t22-,23+,24+/m1/s1. The molecule has 2 aliphatic rings. The molecule has 3 aromatic carbocycles. The molecule has 168 valence electrons. The molecule has 5 rings (SSSR count). The zero-order chi connectivity index (χ0) is 22.9. The molecule has 2 aliphatic heterocycles. The second kappa shape index (κ2) is 8.67. The summed E-state index contributed by atoms with van der Waals surface area (Å²) >= 11 is 0. The molecule has 0 aliphatic carbocycles. The fourth-order valence-electron chi connectivity index (χ4n) is 4.41. The number of para-hydroxylation sites is 1. The first kappa shape index (κ1) is 21.2. The molecule has 33 heavy (non-hydrogen) atoms. The lowest BCUT2D eigenvalue weighted by molar-refractivity contribution is -0.126. The fourth-order valence-corrected chi connectivity index (χ4v) is 4.41. The Morgan fingerprint density at radius 1 is 0.909 bits per heavy atom. The molecule has 0 saturated carbocycles. The van der Waals surface area contributed by atoms with E-state index in [2.05, 4.69) is 0 Å². The van der Waals surface area contributed by atoms with Gasteiger partial charge < -0.3 is 4.74 Å². The van der Waals surface area contributed by atoms with E-state index in [1.807, 2.05) is 37.3 Å². The summed E-state index contributed by atoms with van der Waals surface area (Å²) in [4.78, 5) is 34.1. The highest BCUT2D eigenvalue weighted by Gasteiger charge is 2.60. The van der Waals surface area contributed by atoms with Crippen LogP contribution < -0.4 is 14.7 Å². The number of anilines is 2. The molecular weight excluding hydrogens is 423 g/mol. The molecular formula is C26H23FN2O4. The summed E-state index contributed by atoms with van der Waals surface area (Å²) in [6.07, 6.45) is -0.118. The van der Waals surface area contributed by atoms with Crippen molar-refractivity contribution in [2.45, 2.75) is 25.5 Å². The van der Waals surface area contributed by atoms with E-state index in [1.54, 1.807) is 41.5 Å². The second-order valence-corrected chi connectivity index (χ2v) is 8.07. The minimum Gasteiger partial charge on any atom is -0.494 e. The first-order chi connectivity index (χ1) is 16.1. The molecule has 2 saturated heterocycles. The van der Waals surface area contributed by atoms with Gasteiger partial charge in [-0.3, -0.25) is 14.4 Å². The Morgan fingerprint density at radius 2 is 1.67 bits per heavy atom. The Kier molecular flexibility index (Phi) is 5.56. The first-order valence-electron chi connectivity index (χ1n) is 11.0. The van der Waals surface area contributed by atoms with Crippen LogP contribution in [-0.4, -0.2) is 24.5 Å². The number of halogens is 1. The van der Waals surface area contributed by atoms with Gasteiger partial charge >= 0.3 is 0 Å². The molecule has 0 spiro atoms. The van der Waals surface area contributed by atoms with Gasteiger partial charge in [0.2, 0.25) is 5.91 Å². The third kappa shape index (κ3) is 3.74. The third-order valence-electron chi connectivity index (χ3n) is 5.88. The summed E-state index contributed by atoms with van der Waals surface area (Å²) in [7, 11) is 0. The minimum atomic E-state index is -0.998. The Morgan fingerprint density at radius 3 is 2.36 bits per heavy atom. The molecule has 7 heteroatoms. The number of rotatable bonds is 6. The van der Waals surface area contributed by atoms with Gasteiger partial charge in [-0.2, -0.15) is 0 Å². The summed E-state index contributed by atoms with van der Waals surface area (Å²) < 4.78 is 19.7. The zero-order valence-corrected chi connectivity index (χ0v) is 18.1. The van der Waals surface area contributed by atoms with Crippen molar-refractivity contribution in [1.29, 1.82) is 0 Å². The zero-order valence-electron chi connectivity index (χ0n) is 18.1.